The molecule has 0 fully saturated rings. The zero-order chi connectivity index (χ0) is 19.7. The van der Waals surface area contributed by atoms with Gasteiger partial charge in [0.2, 0.25) is 0 Å². The van der Waals surface area contributed by atoms with Crippen LogP contribution >= 0.6 is 11.3 Å². The number of ether oxygens (including phenoxy) is 1. The van der Waals surface area contributed by atoms with Gasteiger partial charge >= 0.3 is 5.97 Å². The lowest BCUT2D eigenvalue weighted by atomic mass is 9.96. The Morgan fingerprint density at radius 3 is 2.39 bits per heavy atom. The van der Waals surface area contributed by atoms with Crippen LogP contribution in [0.4, 0.5) is 0 Å². The van der Waals surface area contributed by atoms with Crippen LogP contribution in [-0.2, 0) is 9.53 Å². The summed E-state index contributed by atoms with van der Waals surface area (Å²) in [5, 5.41) is 0. The lowest BCUT2D eigenvalue weighted by Crippen LogP contribution is -2.39. The standard InChI is InChI=1S/C22H18N2O3S/c1-14-18(21(26)27-2)19(16-11-7-4-8-12-16)24-20(25)17(28-22(24)23-14)13-15-9-5-3-6-10-15/h3-13,19H,1-2H3. The second kappa shape index (κ2) is 7.40. The molecule has 0 amide bonds. The van der Waals surface area contributed by atoms with E-state index < -0.39 is 12.0 Å². The van der Waals surface area contributed by atoms with E-state index in [1.165, 1.54) is 18.4 Å². The maximum Gasteiger partial charge on any atom is 0.338 e. The molecule has 2 heterocycles. The second-order valence-electron chi connectivity index (χ2n) is 6.39. The molecule has 0 bridgehead atoms. The number of hydrogen-bond acceptors (Lipinski definition) is 5. The highest BCUT2D eigenvalue weighted by atomic mass is 32.1. The average molecular weight is 390 g/mol. The summed E-state index contributed by atoms with van der Waals surface area (Å²) in [4.78, 5) is 30.9. The first-order valence-electron chi connectivity index (χ1n) is 8.81. The molecular formula is C22H18N2O3S. The van der Waals surface area contributed by atoms with E-state index in [0.29, 0.717) is 20.6 Å². The molecule has 0 saturated carbocycles. The van der Waals surface area contributed by atoms with Gasteiger partial charge in [-0.1, -0.05) is 72.0 Å². The van der Waals surface area contributed by atoms with Crippen molar-refractivity contribution in [2.24, 2.45) is 4.99 Å². The van der Waals surface area contributed by atoms with E-state index in [1.54, 1.807) is 11.5 Å². The van der Waals surface area contributed by atoms with Crippen LogP contribution in [0.15, 0.2) is 81.7 Å². The van der Waals surface area contributed by atoms with Crippen LogP contribution in [0.1, 0.15) is 24.1 Å². The second-order valence-corrected chi connectivity index (χ2v) is 7.40. The SMILES string of the molecule is COC(=O)C1=C(C)N=c2sc(=Cc3ccccc3)c(=O)n2C1c1ccccc1. The lowest BCUT2D eigenvalue weighted by Gasteiger charge is -2.24. The fourth-order valence-electron chi connectivity index (χ4n) is 3.34. The molecule has 1 unspecified atom stereocenters. The van der Waals surface area contributed by atoms with Crippen LogP contribution in [0.2, 0.25) is 0 Å². The highest BCUT2D eigenvalue weighted by Crippen LogP contribution is 2.30. The third kappa shape index (κ3) is 3.12. The maximum absolute atomic E-state index is 13.3. The van der Waals surface area contributed by atoms with Crippen molar-refractivity contribution in [1.29, 1.82) is 0 Å². The van der Waals surface area contributed by atoms with Crippen LogP contribution in [0.3, 0.4) is 0 Å². The van der Waals surface area contributed by atoms with E-state index in [9.17, 15) is 9.59 Å². The molecule has 6 heteroatoms. The Labute approximate surface area is 165 Å². The van der Waals surface area contributed by atoms with E-state index in [4.69, 9.17) is 4.74 Å². The smallest absolute Gasteiger partial charge is 0.338 e. The summed E-state index contributed by atoms with van der Waals surface area (Å²) in [6, 6.07) is 18.6. The number of nitrogens with zero attached hydrogens (tertiary/aromatic N) is 2. The fraction of sp³-hybridized carbons (Fsp3) is 0.136. The monoisotopic (exact) mass is 390 g/mol. The third-order valence-electron chi connectivity index (χ3n) is 4.64. The number of allylic oxidation sites excluding steroid dienone is 1. The molecule has 5 nitrogen and oxygen atoms in total. The van der Waals surface area contributed by atoms with Crippen molar-refractivity contribution >= 4 is 23.4 Å². The van der Waals surface area contributed by atoms with Gasteiger partial charge in [0.15, 0.2) is 4.80 Å². The lowest BCUT2D eigenvalue weighted by molar-refractivity contribution is -0.136. The first-order chi connectivity index (χ1) is 13.6. The highest BCUT2D eigenvalue weighted by Gasteiger charge is 2.32. The van der Waals surface area contributed by atoms with Crippen molar-refractivity contribution in [2.45, 2.75) is 13.0 Å². The van der Waals surface area contributed by atoms with Crippen LogP contribution in [0.25, 0.3) is 6.08 Å². The minimum atomic E-state index is -0.567. The van der Waals surface area contributed by atoms with Crippen molar-refractivity contribution in [1.82, 2.24) is 4.57 Å². The third-order valence-corrected chi connectivity index (χ3v) is 5.62. The Hall–Kier alpha value is -3.25. The van der Waals surface area contributed by atoms with E-state index in [0.717, 1.165) is 11.1 Å². The summed E-state index contributed by atoms with van der Waals surface area (Å²) in [6.45, 7) is 1.77. The molecule has 28 heavy (non-hydrogen) atoms. The molecule has 0 aliphatic carbocycles. The van der Waals surface area contributed by atoms with Gasteiger partial charge in [0.25, 0.3) is 5.56 Å². The first kappa shape index (κ1) is 18.1. The molecule has 4 rings (SSSR count). The molecule has 1 aromatic heterocycles. The van der Waals surface area contributed by atoms with Gasteiger partial charge in [0.05, 0.1) is 29.0 Å². The summed E-state index contributed by atoms with van der Waals surface area (Å²) in [7, 11) is 1.34. The number of carbonyl (C=O) groups is 1. The van der Waals surface area contributed by atoms with Gasteiger partial charge < -0.3 is 4.74 Å². The van der Waals surface area contributed by atoms with Crippen LogP contribution in [-0.4, -0.2) is 17.6 Å². The molecule has 2 aromatic carbocycles. The summed E-state index contributed by atoms with van der Waals surface area (Å²) in [5.74, 6) is -0.479. The Morgan fingerprint density at radius 1 is 1.11 bits per heavy atom. The van der Waals surface area contributed by atoms with E-state index in [-0.39, 0.29) is 5.56 Å². The maximum atomic E-state index is 13.3. The predicted octanol–water partition coefficient (Wildman–Crippen LogP) is 2.41. The normalized spacial score (nSPS) is 16.5. The van der Waals surface area contributed by atoms with Crippen LogP contribution in [0.5, 0.6) is 0 Å². The summed E-state index contributed by atoms with van der Waals surface area (Å²) in [5.41, 5.74) is 2.55. The Morgan fingerprint density at radius 2 is 1.75 bits per heavy atom. The molecule has 1 atom stereocenters. The largest absolute Gasteiger partial charge is 0.466 e. The summed E-state index contributed by atoms with van der Waals surface area (Å²) in [6.07, 6.45) is 1.85. The molecule has 1 aliphatic heterocycles. The molecule has 0 N–H and O–H groups in total. The number of hydrogen-bond donors (Lipinski definition) is 0. The molecule has 0 radical (unpaired) electrons. The molecule has 0 saturated heterocycles. The Kier molecular flexibility index (Phi) is 4.79. The topological polar surface area (TPSA) is 60.7 Å². The van der Waals surface area contributed by atoms with E-state index in [2.05, 4.69) is 4.99 Å². The zero-order valence-corrected chi connectivity index (χ0v) is 16.3. The van der Waals surface area contributed by atoms with Gasteiger partial charge in [-0.05, 0) is 24.1 Å². The number of carbonyl (C=O) groups excluding carboxylic acids is 1. The number of esters is 1. The fourth-order valence-corrected chi connectivity index (χ4v) is 4.39. The average Bonchev–Trinajstić information content (AvgIpc) is 3.02. The predicted molar refractivity (Wildman–Crippen MR) is 109 cm³/mol. The minimum absolute atomic E-state index is 0.171. The first-order valence-corrected chi connectivity index (χ1v) is 9.62. The van der Waals surface area contributed by atoms with Gasteiger partial charge in [0.1, 0.15) is 0 Å². The van der Waals surface area contributed by atoms with Crippen molar-refractivity contribution in [3.8, 4) is 0 Å². The number of rotatable bonds is 3. The highest BCUT2D eigenvalue weighted by molar-refractivity contribution is 7.07. The zero-order valence-electron chi connectivity index (χ0n) is 15.5. The summed E-state index contributed by atoms with van der Waals surface area (Å²) >= 11 is 1.32. The van der Waals surface area contributed by atoms with Gasteiger partial charge in [-0.15, -0.1) is 0 Å². The quantitative estimate of drug-likeness (QED) is 0.646. The Balaban J connectivity index is 1.99. The minimum Gasteiger partial charge on any atom is -0.466 e. The van der Waals surface area contributed by atoms with E-state index in [1.807, 2.05) is 66.7 Å². The molecule has 0 spiro atoms. The van der Waals surface area contributed by atoms with Gasteiger partial charge in [-0.25, -0.2) is 9.79 Å². The number of thiazole rings is 1. The van der Waals surface area contributed by atoms with Crippen LogP contribution < -0.4 is 14.9 Å². The Bertz CT molecular complexity index is 1240. The van der Waals surface area contributed by atoms with Crippen molar-refractivity contribution in [3.05, 3.63) is 103 Å². The number of benzene rings is 2. The number of fused-ring (bicyclic) bond motifs is 1. The molecule has 1 aliphatic rings. The van der Waals surface area contributed by atoms with Crippen molar-refractivity contribution < 1.29 is 9.53 Å². The molecule has 3 aromatic rings. The van der Waals surface area contributed by atoms with Gasteiger partial charge in [-0.3, -0.25) is 9.36 Å². The van der Waals surface area contributed by atoms with Gasteiger partial charge in [0, 0.05) is 0 Å². The number of aromatic nitrogens is 1. The molecular weight excluding hydrogens is 372 g/mol. The summed E-state index contributed by atoms with van der Waals surface area (Å²) < 4.78 is 7.16. The van der Waals surface area contributed by atoms with Crippen molar-refractivity contribution in [2.75, 3.05) is 7.11 Å². The van der Waals surface area contributed by atoms with Crippen molar-refractivity contribution in [3.63, 3.8) is 0 Å². The van der Waals surface area contributed by atoms with Crippen LogP contribution in [0, 0.1) is 0 Å². The van der Waals surface area contributed by atoms with Gasteiger partial charge in [-0.2, -0.15) is 0 Å². The molecule has 140 valence electrons. The van der Waals surface area contributed by atoms with E-state index >= 15 is 0 Å². The number of methoxy groups -OCH3 is 1.